The first-order valence-electron chi connectivity index (χ1n) is 6.55. The molecule has 1 unspecified atom stereocenters. The van der Waals surface area contributed by atoms with Crippen LogP contribution in [-0.2, 0) is 17.8 Å². The minimum Gasteiger partial charge on any atom is -0.376 e. The Bertz CT molecular complexity index is 453. The fourth-order valence-corrected chi connectivity index (χ4v) is 2.55. The van der Waals surface area contributed by atoms with E-state index in [9.17, 15) is 4.79 Å². The number of rotatable bonds is 3. The number of carbonyl (C=O) groups is 1. The first-order valence-corrected chi connectivity index (χ1v) is 6.55. The number of hydrogen-bond donors (Lipinski definition) is 2. The lowest BCUT2D eigenvalue weighted by Gasteiger charge is -2.11. The first kappa shape index (κ1) is 11.7. The van der Waals surface area contributed by atoms with Crippen LogP contribution >= 0.6 is 0 Å². The standard InChI is InChI=1S/C14H18N2O2/c17-14(16-9-13-2-1-5-18-13)10-3-4-11-7-15-8-12(11)6-10/h3-4,6,13,15H,1-2,5,7-9H2,(H,16,17). The van der Waals surface area contributed by atoms with E-state index in [0.717, 1.165) is 38.1 Å². The Kier molecular flexibility index (Phi) is 3.30. The van der Waals surface area contributed by atoms with Crippen LogP contribution in [0.4, 0.5) is 0 Å². The molecule has 0 aliphatic carbocycles. The third-order valence-electron chi connectivity index (χ3n) is 3.61. The summed E-state index contributed by atoms with van der Waals surface area (Å²) < 4.78 is 5.49. The lowest BCUT2D eigenvalue weighted by molar-refractivity contribution is 0.0857. The van der Waals surface area contributed by atoms with E-state index in [2.05, 4.69) is 10.6 Å². The number of carbonyl (C=O) groups excluding carboxylic acids is 1. The van der Waals surface area contributed by atoms with Crippen molar-refractivity contribution >= 4 is 5.91 Å². The summed E-state index contributed by atoms with van der Waals surface area (Å²) in [4.78, 5) is 12.0. The third kappa shape index (κ3) is 2.40. The monoisotopic (exact) mass is 246 g/mol. The fraction of sp³-hybridized carbons (Fsp3) is 0.500. The number of fused-ring (bicyclic) bond motifs is 1. The van der Waals surface area contributed by atoms with Gasteiger partial charge in [-0.15, -0.1) is 0 Å². The number of hydrogen-bond acceptors (Lipinski definition) is 3. The molecule has 2 heterocycles. The van der Waals surface area contributed by atoms with Gasteiger partial charge in [-0.3, -0.25) is 4.79 Å². The molecule has 0 radical (unpaired) electrons. The smallest absolute Gasteiger partial charge is 0.251 e. The Hall–Kier alpha value is -1.39. The molecule has 0 aromatic heterocycles. The van der Waals surface area contributed by atoms with Crippen LogP contribution in [0.5, 0.6) is 0 Å². The molecule has 2 N–H and O–H groups in total. The van der Waals surface area contributed by atoms with Gasteiger partial charge in [0.2, 0.25) is 0 Å². The highest BCUT2D eigenvalue weighted by molar-refractivity contribution is 5.94. The lowest BCUT2D eigenvalue weighted by atomic mass is 10.1. The van der Waals surface area contributed by atoms with Gasteiger partial charge in [0.15, 0.2) is 0 Å². The van der Waals surface area contributed by atoms with Gasteiger partial charge in [0.25, 0.3) is 5.91 Å². The second-order valence-electron chi connectivity index (χ2n) is 4.93. The summed E-state index contributed by atoms with van der Waals surface area (Å²) in [6, 6.07) is 5.92. The SMILES string of the molecule is O=C(NCC1CCCO1)c1ccc2c(c1)CNC2. The highest BCUT2D eigenvalue weighted by Gasteiger charge is 2.17. The molecule has 1 fully saturated rings. The first-order chi connectivity index (χ1) is 8.83. The van der Waals surface area contributed by atoms with E-state index in [1.807, 2.05) is 18.2 Å². The van der Waals surface area contributed by atoms with E-state index in [-0.39, 0.29) is 12.0 Å². The second kappa shape index (κ2) is 5.08. The van der Waals surface area contributed by atoms with Crippen molar-refractivity contribution in [3.05, 3.63) is 34.9 Å². The van der Waals surface area contributed by atoms with Crippen LogP contribution in [0.1, 0.15) is 34.3 Å². The molecule has 0 spiro atoms. The minimum atomic E-state index is 0.000185. The predicted octanol–water partition coefficient (Wildman–Crippen LogP) is 1.20. The van der Waals surface area contributed by atoms with Crippen LogP contribution in [0.25, 0.3) is 0 Å². The predicted molar refractivity (Wildman–Crippen MR) is 68.3 cm³/mol. The molecule has 1 aromatic carbocycles. The number of benzene rings is 1. The van der Waals surface area contributed by atoms with Gasteiger partial charge in [-0.2, -0.15) is 0 Å². The zero-order chi connectivity index (χ0) is 12.4. The van der Waals surface area contributed by atoms with Crippen molar-refractivity contribution in [2.75, 3.05) is 13.2 Å². The molecule has 1 aromatic rings. The average Bonchev–Trinajstić information content (AvgIpc) is 3.05. The quantitative estimate of drug-likeness (QED) is 0.842. The van der Waals surface area contributed by atoms with Crippen molar-refractivity contribution in [1.29, 1.82) is 0 Å². The van der Waals surface area contributed by atoms with Crippen LogP contribution in [-0.4, -0.2) is 25.2 Å². The van der Waals surface area contributed by atoms with E-state index in [1.165, 1.54) is 11.1 Å². The van der Waals surface area contributed by atoms with E-state index < -0.39 is 0 Å². The summed E-state index contributed by atoms with van der Waals surface area (Å²) in [5, 5.41) is 6.23. The molecular formula is C14H18N2O2. The zero-order valence-corrected chi connectivity index (χ0v) is 10.4. The van der Waals surface area contributed by atoms with E-state index in [0.29, 0.717) is 6.54 Å². The van der Waals surface area contributed by atoms with Crippen LogP contribution in [0.3, 0.4) is 0 Å². The maximum absolute atomic E-state index is 12.0. The Labute approximate surface area is 107 Å². The van der Waals surface area contributed by atoms with Gasteiger partial charge < -0.3 is 15.4 Å². The van der Waals surface area contributed by atoms with E-state index in [4.69, 9.17) is 4.74 Å². The lowest BCUT2D eigenvalue weighted by Crippen LogP contribution is -2.31. The molecule has 0 bridgehead atoms. The molecule has 1 amide bonds. The molecule has 1 atom stereocenters. The van der Waals surface area contributed by atoms with Gasteiger partial charge in [-0.25, -0.2) is 0 Å². The molecule has 2 aliphatic rings. The van der Waals surface area contributed by atoms with Crippen molar-refractivity contribution in [2.24, 2.45) is 0 Å². The molecule has 18 heavy (non-hydrogen) atoms. The summed E-state index contributed by atoms with van der Waals surface area (Å²) in [5.74, 6) is 0.000185. The normalized spacial score (nSPS) is 21.9. The molecule has 96 valence electrons. The highest BCUT2D eigenvalue weighted by atomic mass is 16.5. The van der Waals surface area contributed by atoms with Crippen LogP contribution < -0.4 is 10.6 Å². The number of nitrogens with one attached hydrogen (secondary N) is 2. The Morgan fingerprint density at radius 2 is 2.28 bits per heavy atom. The summed E-state index contributed by atoms with van der Waals surface area (Å²) in [5.41, 5.74) is 3.28. The van der Waals surface area contributed by atoms with Gasteiger partial charge >= 0.3 is 0 Å². The molecule has 3 rings (SSSR count). The second-order valence-corrected chi connectivity index (χ2v) is 4.93. The summed E-state index contributed by atoms with van der Waals surface area (Å²) in [6.45, 7) is 3.22. The van der Waals surface area contributed by atoms with Crippen LogP contribution in [0.15, 0.2) is 18.2 Å². The van der Waals surface area contributed by atoms with Crippen molar-refractivity contribution in [2.45, 2.75) is 32.0 Å². The van der Waals surface area contributed by atoms with E-state index >= 15 is 0 Å². The molecule has 4 nitrogen and oxygen atoms in total. The molecule has 4 heteroatoms. The minimum absolute atomic E-state index is 0.000185. The number of ether oxygens (including phenoxy) is 1. The molecule has 2 aliphatic heterocycles. The maximum Gasteiger partial charge on any atom is 0.251 e. The zero-order valence-electron chi connectivity index (χ0n) is 10.4. The van der Waals surface area contributed by atoms with Gasteiger partial charge in [0.1, 0.15) is 0 Å². The van der Waals surface area contributed by atoms with Crippen LogP contribution in [0, 0.1) is 0 Å². The van der Waals surface area contributed by atoms with Gasteiger partial charge in [0.05, 0.1) is 6.10 Å². The summed E-state index contributed by atoms with van der Waals surface area (Å²) in [7, 11) is 0. The van der Waals surface area contributed by atoms with Gasteiger partial charge in [0, 0.05) is 31.8 Å². The Balaban J connectivity index is 1.61. The van der Waals surface area contributed by atoms with Crippen molar-refractivity contribution in [1.82, 2.24) is 10.6 Å². The topological polar surface area (TPSA) is 50.4 Å². The molecule has 1 saturated heterocycles. The highest BCUT2D eigenvalue weighted by Crippen LogP contribution is 2.17. The maximum atomic E-state index is 12.0. The molecular weight excluding hydrogens is 228 g/mol. The average molecular weight is 246 g/mol. The summed E-state index contributed by atoms with van der Waals surface area (Å²) >= 11 is 0. The Morgan fingerprint density at radius 1 is 1.39 bits per heavy atom. The fourth-order valence-electron chi connectivity index (χ4n) is 2.55. The van der Waals surface area contributed by atoms with E-state index in [1.54, 1.807) is 0 Å². The van der Waals surface area contributed by atoms with Crippen LogP contribution in [0.2, 0.25) is 0 Å². The van der Waals surface area contributed by atoms with Crippen molar-refractivity contribution in [3.63, 3.8) is 0 Å². The third-order valence-corrected chi connectivity index (χ3v) is 3.61. The largest absolute Gasteiger partial charge is 0.376 e. The number of amides is 1. The Morgan fingerprint density at radius 3 is 3.11 bits per heavy atom. The van der Waals surface area contributed by atoms with Gasteiger partial charge in [-0.05, 0) is 36.1 Å². The molecule has 0 saturated carbocycles. The van der Waals surface area contributed by atoms with Crippen molar-refractivity contribution < 1.29 is 9.53 Å². The summed E-state index contributed by atoms with van der Waals surface area (Å²) in [6.07, 6.45) is 2.35. The van der Waals surface area contributed by atoms with Gasteiger partial charge in [-0.1, -0.05) is 6.07 Å². The van der Waals surface area contributed by atoms with Crippen molar-refractivity contribution in [3.8, 4) is 0 Å².